The first kappa shape index (κ1) is 23.6. The van der Waals surface area contributed by atoms with Gasteiger partial charge in [0, 0.05) is 12.1 Å². The highest BCUT2D eigenvalue weighted by molar-refractivity contribution is 7.89. The minimum atomic E-state index is -4.26. The van der Waals surface area contributed by atoms with Crippen LogP contribution in [0.4, 0.5) is 5.69 Å². The van der Waals surface area contributed by atoms with E-state index in [9.17, 15) is 28.4 Å². The highest BCUT2D eigenvalue weighted by Crippen LogP contribution is 2.37. The van der Waals surface area contributed by atoms with Crippen LogP contribution in [-0.2, 0) is 26.0 Å². The van der Waals surface area contributed by atoms with Crippen LogP contribution in [0.2, 0.25) is 0 Å². The van der Waals surface area contributed by atoms with Gasteiger partial charge in [-0.15, -0.1) is 0 Å². The summed E-state index contributed by atoms with van der Waals surface area (Å²) in [5.74, 6) is -1.00. The van der Waals surface area contributed by atoms with Crippen LogP contribution in [0.3, 0.4) is 0 Å². The largest absolute Gasteiger partial charge is 0.465 e. The van der Waals surface area contributed by atoms with Gasteiger partial charge in [-0.1, -0.05) is 42.5 Å². The fraction of sp³-hybridized carbons (Fsp3) is 0.208. The Kier molecular flexibility index (Phi) is 6.47. The third-order valence-electron chi connectivity index (χ3n) is 5.64. The first-order chi connectivity index (χ1) is 16.2. The lowest BCUT2D eigenvalue weighted by Crippen LogP contribution is -2.45. The predicted octanol–water partition coefficient (Wildman–Crippen LogP) is 3.11. The molecule has 0 spiro atoms. The number of fused-ring (bicyclic) bond motifs is 3. The minimum Gasteiger partial charge on any atom is -0.465 e. The van der Waals surface area contributed by atoms with Gasteiger partial charge >= 0.3 is 5.97 Å². The summed E-state index contributed by atoms with van der Waals surface area (Å²) in [5.41, 5.74) is 3.59. The van der Waals surface area contributed by atoms with Crippen LogP contribution in [0.1, 0.15) is 29.7 Å². The molecule has 10 heteroatoms. The zero-order valence-corrected chi connectivity index (χ0v) is 19.0. The molecule has 0 aromatic heterocycles. The fourth-order valence-electron chi connectivity index (χ4n) is 4.01. The normalized spacial score (nSPS) is 14.1. The van der Waals surface area contributed by atoms with Gasteiger partial charge in [-0.2, -0.15) is 4.72 Å². The summed E-state index contributed by atoms with van der Waals surface area (Å²) >= 11 is 0. The predicted molar refractivity (Wildman–Crippen MR) is 123 cm³/mol. The molecule has 0 heterocycles. The van der Waals surface area contributed by atoms with Crippen LogP contribution in [-0.4, -0.2) is 37.1 Å². The number of nitrogens with zero attached hydrogens (tertiary/aromatic N) is 1. The average Bonchev–Trinajstić information content (AvgIpc) is 3.20. The molecule has 176 valence electrons. The summed E-state index contributed by atoms with van der Waals surface area (Å²) in [6, 6.07) is 15.8. The van der Waals surface area contributed by atoms with E-state index in [0.29, 0.717) is 6.42 Å². The lowest BCUT2D eigenvalue weighted by molar-refractivity contribution is -0.385. The van der Waals surface area contributed by atoms with Gasteiger partial charge in [-0.05, 0) is 53.3 Å². The van der Waals surface area contributed by atoms with Crippen LogP contribution < -0.4 is 4.72 Å². The summed E-state index contributed by atoms with van der Waals surface area (Å²) in [7, 11) is -4.26. The maximum atomic E-state index is 13.2. The molecular formula is C24H22N2O7S. The second-order valence-corrected chi connectivity index (χ2v) is 9.51. The molecule has 0 aliphatic heterocycles. The molecule has 0 saturated heterocycles. The molecule has 3 aromatic rings. The van der Waals surface area contributed by atoms with Crippen LogP contribution in [0.25, 0.3) is 11.1 Å². The summed E-state index contributed by atoms with van der Waals surface area (Å²) in [6.07, 6.45) is -1.14. The van der Waals surface area contributed by atoms with Crippen molar-refractivity contribution in [3.63, 3.8) is 0 Å². The molecule has 4 rings (SSSR count). The van der Waals surface area contributed by atoms with E-state index >= 15 is 0 Å². The van der Waals surface area contributed by atoms with Crippen molar-refractivity contribution in [2.24, 2.45) is 0 Å². The van der Waals surface area contributed by atoms with E-state index < -0.39 is 33.1 Å². The highest BCUT2D eigenvalue weighted by Gasteiger charge is 2.35. The number of nitrogens with one attached hydrogen (secondary N) is 1. The fourth-order valence-corrected chi connectivity index (χ4v) is 5.25. The van der Waals surface area contributed by atoms with Crippen molar-refractivity contribution in [2.75, 3.05) is 6.61 Å². The second kappa shape index (κ2) is 9.34. The number of aliphatic hydroxyl groups is 1. The van der Waals surface area contributed by atoms with Gasteiger partial charge in [0.15, 0.2) is 0 Å². The van der Waals surface area contributed by atoms with Gasteiger partial charge in [0.2, 0.25) is 10.0 Å². The molecule has 0 bridgehead atoms. The smallest absolute Gasteiger partial charge is 0.327 e. The van der Waals surface area contributed by atoms with Gasteiger partial charge in [0.05, 0.1) is 16.4 Å². The number of ether oxygens (including phenoxy) is 1. The van der Waals surface area contributed by atoms with Crippen LogP contribution in [0.15, 0.2) is 71.6 Å². The summed E-state index contributed by atoms with van der Waals surface area (Å²) in [6.45, 7) is 1.50. The second-order valence-electron chi connectivity index (χ2n) is 7.80. The standard InChI is InChI=1S/C24H22N2O7S/c1-2-33-24(28)22(23(27)16-7-5-8-18(13-16)26(29)30)25-34(31,32)19-10-11-21-17(14-19)12-15-6-3-4-9-20(15)21/h3-11,13-14,22-23,25,27H,2,12H2,1H3/t22-,23-/m1/s1. The Bertz CT molecular complexity index is 1370. The molecule has 2 N–H and O–H groups in total. The Hall–Kier alpha value is -3.60. The number of carbonyl (C=O) groups excluding carboxylic acids is 1. The molecule has 3 aromatic carbocycles. The van der Waals surface area contributed by atoms with Crippen molar-refractivity contribution >= 4 is 21.7 Å². The monoisotopic (exact) mass is 482 g/mol. The lowest BCUT2D eigenvalue weighted by atomic mass is 10.0. The molecule has 1 aliphatic carbocycles. The molecule has 34 heavy (non-hydrogen) atoms. The first-order valence-corrected chi connectivity index (χ1v) is 12.0. The van der Waals surface area contributed by atoms with Gasteiger partial charge in [0.1, 0.15) is 12.1 Å². The number of aliphatic hydroxyl groups excluding tert-OH is 1. The number of nitro groups is 1. The van der Waals surface area contributed by atoms with E-state index in [0.717, 1.165) is 28.3 Å². The number of nitro benzene ring substituents is 1. The van der Waals surface area contributed by atoms with Crippen molar-refractivity contribution < 1.29 is 28.0 Å². The van der Waals surface area contributed by atoms with E-state index in [2.05, 4.69) is 4.72 Å². The Labute approximate surface area is 196 Å². The Morgan fingerprint density at radius 3 is 2.56 bits per heavy atom. The number of sulfonamides is 1. The maximum Gasteiger partial charge on any atom is 0.327 e. The van der Waals surface area contributed by atoms with Crippen molar-refractivity contribution in [1.82, 2.24) is 4.72 Å². The SMILES string of the molecule is CCOC(=O)[C@H](NS(=O)(=O)c1ccc2c(c1)Cc1ccccc1-2)[C@H](O)c1cccc([N+](=O)[O-])c1. The first-order valence-electron chi connectivity index (χ1n) is 10.5. The Morgan fingerprint density at radius 1 is 1.09 bits per heavy atom. The molecule has 9 nitrogen and oxygen atoms in total. The average molecular weight is 483 g/mol. The summed E-state index contributed by atoms with van der Waals surface area (Å²) in [5, 5.41) is 21.9. The number of hydrogen-bond donors (Lipinski definition) is 2. The number of carbonyl (C=O) groups is 1. The van der Waals surface area contributed by atoms with E-state index in [1.807, 2.05) is 24.3 Å². The van der Waals surface area contributed by atoms with Crippen molar-refractivity contribution in [3.05, 3.63) is 93.5 Å². The highest BCUT2D eigenvalue weighted by atomic mass is 32.2. The number of benzene rings is 3. The Morgan fingerprint density at radius 2 is 1.82 bits per heavy atom. The van der Waals surface area contributed by atoms with Crippen molar-refractivity contribution in [3.8, 4) is 11.1 Å². The van der Waals surface area contributed by atoms with Crippen LogP contribution in [0.5, 0.6) is 0 Å². The zero-order chi connectivity index (χ0) is 24.5. The minimum absolute atomic E-state index is 0.000596. The topological polar surface area (TPSA) is 136 Å². The summed E-state index contributed by atoms with van der Waals surface area (Å²) < 4.78 is 33.6. The molecule has 0 fully saturated rings. The van der Waals surface area contributed by atoms with Crippen LogP contribution >= 0.6 is 0 Å². The maximum absolute atomic E-state index is 13.2. The third-order valence-corrected chi connectivity index (χ3v) is 7.08. The molecule has 0 radical (unpaired) electrons. The van der Waals surface area contributed by atoms with Gasteiger partial charge in [-0.3, -0.25) is 14.9 Å². The molecule has 1 aliphatic rings. The van der Waals surface area contributed by atoms with Crippen LogP contribution in [0, 0.1) is 10.1 Å². The van der Waals surface area contributed by atoms with Gasteiger partial charge in [0.25, 0.3) is 5.69 Å². The van der Waals surface area contributed by atoms with Gasteiger partial charge in [-0.25, -0.2) is 8.42 Å². The van der Waals surface area contributed by atoms with E-state index in [1.54, 1.807) is 19.1 Å². The number of hydrogen-bond acceptors (Lipinski definition) is 7. The van der Waals surface area contributed by atoms with E-state index in [-0.39, 0.29) is 22.8 Å². The number of non-ortho nitro benzene ring substituents is 1. The number of esters is 1. The summed E-state index contributed by atoms with van der Waals surface area (Å²) in [4.78, 5) is 22.9. The molecule has 2 atom stereocenters. The lowest BCUT2D eigenvalue weighted by Gasteiger charge is -2.23. The molecular weight excluding hydrogens is 460 g/mol. The van der Waals surface area contributed by atoms with Crippen molar-refractivity contribution in [2.45, 2.75) is 30.4 Å². The molecule has 0 saturated carbocycles. The zero-order valence-electron chi connectivity index (χ0n) is 18.2. The van der Waals surface area contributed by atoms with Crippen molar-refractivity contribution in [1.29, 1.82) is 0 Å². The number of rotatable bonds is 8. The van der Waals surface area contributed by atoms with Gasteiger partial charge < -0.3 is 9.84 Å². The molecule has 0 unspecified atom stereocenters. The van der Waals surface area contributed by atoms with E-state index in [1.165, 1.54) is 24.3 Å². The van der Waals surface area contributed by atoms with E-state index in [4.69, 9.17) is 4.74 Å². The quantitative estimate of drug-likeness (QED) is 0.224. The Balaban J connectivity index is 1.65. The third kappa shape index (κ3) is 4.56. The molecule has 0 amide bonds.